The lowest BCUT2D eigenvalue weighted by Gasteiger charge is -2.10. The fraction of sp³-hybridized carbons (Fsp3) is 0.136. The van der Waals surface area contributed by atoms with Crippen molar-refractivity contribution in [2.24, 2.45) is 0 Å². The molecule has 0 aliphatic heterocycles. The summed E-state index contributed by atoms with van der Waals surface area (Å²) in [5.74, 6) is 1.79. The van der Waals surface area contributed by atoms with Gasteiger partial charge in [0.15, 0.2) is 0 Å². The van der Waals surface area contributed by atoms with Crippen LogP contribution >= 0.6 is 11.6 Å². The molecule has 0 saturated heterocycles. The van der Waals surface area contributed by atoms with Crippen molar-refractivity contribution >= 4 is 23.2 Å². The van der Waals surface area contributed by atoms with Crippen molar-refractivity contribution in [2.45, 2.75) is 0 Å². The van der Waals surface area contributed by atoms with Crippen LogP contribution in [0.4, 0.5) is 5.69 Å². The molecule has 1 N–H and O–H groups in total. The number of benzene rings is 3. The van der Waals surface area contributed by atoms with Crippen molar-refractivity contribution < 1.29 is 19.0 Å². The maximum atomic E-state index is 12.4. The summed E-state index contributed by atoms with van der Waals surface area (Å²) in [4.78, 5) is 12.4. The standard InChI is InChI=1S/C22H20ClNO4/c1-26-21-12-9-17(15-20(21)23)24-22(25)16-7-10-19(11-8-16)28-14-13-27-18-5-3-2-4-6-18/h2-12,15H,13-14H2,1H3,(H,24,25). The van der Waals surface area contributed by atoms with Crippen molar-refractivity contribution in [2.75, 3.05) is 25.6 Å². The first-order valence-corrected chi connectivity index (χ1v) is 9.09. The Bertz CT molecular complexity index is 914. The summed E-state index contributed by atoms with van der Waals surface area (Å²) in [6.45, 7) is 0.843. The number of halogens is 1. The number of amides is 1. The normalized spacial score (nSPS) is 10.2. The smallest absolute Gasteiger partial charge is 0.255 e. The van der Waals surface area contributed by atoms with E-state index in [-0.39, 0.29) is 5.91 Å². The first-order chi connectivity index (χ1) is 13.7. The van der Waals surface area contributed by atoms with Gasteiger partial charge in [0.1, 0.15) is 30.5 Å². The first kappa shape index (κ1) is 19.6. The third-order valence-corrected chi connectivity index (χ3v) is 4.19. The molecule has 0 aliphatic carbocycles. The number of hydrogen-bond donors (Lipinski definition) is 1. The summed E-state index contributed by atoms with van der Waals surface area (Å²) in [6, 6.07) is 21.5. The molecule has 0 aromatic heterocycles. The monoisotopic (exact) mass is 397 g/mol. The van der Waals surface area contributed by atoms with E-state index in [0.29, 0.717) is 41.0 Å². The third-order valence-electron chi connectivity index (χ3n) is 3.89. The van der Waals surface area contributed by atoms with E-state index in [2.05, 4.69) is 5.32 Å². The van der Waals surface area contributed by atoms with Crippen LogP contribution in [0.25, 0.3) is 0 Å². The zero-order valence-electron chi connectivity index (χ0n) is 15.4. The van der Waals surface area contributed by atoms with Gasteiger partial charge in [-0.1, -0.05) is 29.8 Å². The van der Waals surface area contributed by atoms with Crippen LogP contribution in [0, 0.1) is 0 Å². The minimum atomic E-state index is -0.236. The molecule has 3 aromatic carbocycles. The summed E-state index contributed by atoms with van der Waals surface area (Å²) in [7, 11) is 1.54. The number of carbonyl (C=O) groups is 1. The van der Waals surface area contributed by atoms with Crippen molar-refractivity contribution in [3.8, 4) is 17.2 Å². The van der Waals surface area contributed by atoms with Gasteiger partial charge < -0.3 is 19.5 Å². The van der Waals surface area contributed by atoms with Gasteiger partial charge in [-0.05, 0) is 54.6 Å². The molecule has 0 spiro atoms. The molecule has 3 aromatic rings. The largest absolute Gasteiger partial charge is 0.495 e. The number of nitrogens with one attached hydrogen (secondary N) is 1. The molecule has 5 nitrogen and oxygen atoms in total. The number of rotatable bonds is 8. The predicted octanol–water partition coefficient (Wildman–Crippen LogP) is 5.06. The van der Waals surface area contributed by atoms with Crippen LogP contribution in [0.1, 0.15) is 10.4 Å². The van der Waals surface area contributed by atoms with Gasteiger partial charge in [0.05, 0.1) is 12.1 Å². The Hall–Kier alpha value is -3.18. The quantitative estimate of drug-likeness (QED) is 0.540. The molecule has 0 bridgehead atoms. The molecule has 0 atom stereocenters. The van der Waals surface area contributed by atoms with Crippen LogP contribution in [0.5, 0.6) is 17.2 Å². The second kappa shape index (κ2) is 9.67. The number of ether oxygens (including phenoxy) is 3. The zero-order chi connectivity index (χ0) is 19.8. The minimum Gasteiger partial charge on any atom is -0.495 e. The predicted molar refractivity (Wildman–Crippen MR) is 110 cm³/mol. The van der Waals surface area contributed by atoms with Crippen LogP contribution < -0.4 is 19.5 Å². The second-order valence-corrected chi connectivity index (χ2v) is 6.25. The van der Waals surface area contributed by atoms with Gasteiger partial charge in [0.25, 0.3) is 5.91 Å². The van der Waals surface area contributed by atoms with Crippen molar-refractivity contribution in [3.05, 3.63) is 83.4 Å². The molecule has 144 valence electrons. The summed E-state index contributed by atoms with van der Waals surface area (Å²) >= 11 is 6.08. The molecular weight excluding hydrogens is 378 g/mol. The fourth-order valence-corrected chi connectivity index (χ4v) is 2.74. The molecule has 0 radical (unpaired) electrons. The van der Waals surface area contributed by atoms with Crippen LogP contribution in [0.2, 0.25) is 5.02 Å². The first-order valence-electron chi connectivity index (χ1n) is 8.71. The van der Waals surface area contributed by atoms with E-state index in [1.165, 1.54) is 7.11 Å². The SMILES string of the molecule is COc1ccc(NC(=O)c2ccc(OCCOc3ccccc3)cc2)cc1Cl. The molecule has 0 saturated carbocycles. The minimum absolute atomic E-state index is 0.236. The Morgan fingerprint density at radius 1 is 0.893 bits per heavy atom. The van der Waals surface area contributed by atoms with E-state index in [4.69, 9.17) is 25.8 Å². The number of anilines is 1. The average molecular weight is 398 g/mol. The molecule has 6 heteroatoms. The Morgan fingerprint density at radius 3 is 2.14 bits per heavy atom. The van der Waals surface area contributed by atoms with Gasteiger partial charge in [0.2, 0.25) is 0 Å². The summed E-state index contributed by atoms with van der Waals surface area (Å²) in [6.07, 6.45) is 0. The highest BCUT2D eigenvalue weighted by Gasteiger charge is 2.08. The molecule has 0 aliphatic rings. The summed E-state index contributed by atoms with van der Waals surface area (Å²) in [5, 5.41) is 3.23. The van der Waals surface area contributed by atoms with Crippen molar-refractivity contribution in [3.63, 3.8) is 0 Å². The maximum Gasteiger partial charge on any atom is 0.255 e. The topological polar surface area (TPSA) is 56.8 Å². The van der Waals surface area contributed by atoms with Gasteiger partial charge in [-0.3, -0.25) is 4.79 Å². The van der Waals surface area contributed by atoms with Crippen molar-refractivity contribution in [1.82, 2.24) is 0 Å². The van der Waals surface area contributed by atoms with Gasteiger partial charge in [-0.15, -0.1) is 0 Å². The van der Waals surface area contributed by atoms with Gasteiger partial charge in [0, 0.05) is 11.3 Å². The molecule has 0 fully saturated rings. The Labute approximate surface area is 168 Å². The lowest BCUT2D eigenvalue weighted by Crippen LogP contribution is -2.12. The summed E-state index contributed by atoms with van der Waals surface area (Å²) in [5.41, 5.74) is 1.11. The number of carbonyl (C=O) groups excluding carboxylic acids is 1. The van der Waals surface area contributed by atoms with E-state index in [1.54, 1.807) is 42.5 Å². The number of methoxy groups -OCH3 is 1. The highest BCUT2D eigenvalue weighted by molar-refractivity contribution is 6.32. The average Bonchev–Trinajstić information content (AvgIpc) is 2.72. The van der Waals surface area contributed by atoms with E-state index < -0.39 is 0 Å². The van der Waals surface area contributed by atoms with Gasteiger partial charge in [-0.2, -0.15) is 0 Å². The zero-order valence-corrected chi connectivity index (χ0v) is 16.1. The highest BCUT2D eigenvalue weighted by atomic mass is 35.5. The molecule has 28 heavy (non-hydrogen) atoms. The fourth-order valence-electron chi connectivity index (χ4n) is 2.49. The Balaban J connectivity index is 1.49. The van der Waals surface area contributed by atoms with E-state index in [9.17, 15) is 4.79 Å². The Morgan fingerprint density at radius 2 is 1.54 bits per heavy atom. The number of hydrogen-bond acceptors (Lipinski definition) is 4. The van der Waals surface area contributed by atoms with Crippen LogP contribution in [0.3, 0.4) is 0 Å². The molecule has 3 rings (SSSR count). The van der Waals surface area contributed by atoms with E-state index in [1.807, 2.05) is 30.3 Å². The second-order valence-electron chi connectivity index (χ2n) is 5.84. The van der Waals surface area contributed by atoms with Crippen LogP contribution in [-0.4, -0.2) is 26.2 Å². The lowest BCUT2D eigenvalue weighted by atomic mass is 10.2. The van der Waals surface area contributed by atoms with Gasteiger partial charge >= 0.3 is 0 Å². The van der Waals surface area contributed by atoms with Crippen LogP contribution in [0.15, 0.2) is 72.8 Å². The van der Waals surface area contributed by atoms with E-state index in [0.717, 1.165) is 5.75 Å². The lowest BCUT2D eigenvalue weighted by molar-refractivity contribution is 0.102. The number of para-hydroxylation sites is 1. The Kier molecular flexibility index (Phi) is 6.76. The van der Waals surface area contributed by atoms with Crippen LogP contribution in [-0.2, 0) is 0 Å². The van der Waals surface area contributed by atoms with Gasteiger partial charge in [-0.25, -0.2) is 0 Å². The molecular formula is C22H20ClNO4. The highest BCUT2D eigenvalue weighted by Crippen LogP contribution is 2.27. The summed E-state index contributed by atoms with van der Waals surface area (Å²) < 4.78 is 16.3. The maximum absolute atomic E-state index is 12.4. The van der Waals surface area contributed by atoms with Crippen molar-refractivity contribution in [1.29, 1.82) is 0 Å². The van der Waals surface area contributed by atoms with E-state index >= 15 is 0 Å². The molecule has 1 amide bonds. The third kappa shape index (κ3) is 5.41. The molecule has 0 heterocycles. The molecule has 0 unspecified atom stereocenters.